The van der Waals surface area contributed by atoms with Gasteiger partial charge in [-0.1, -0.05) is 0 Å². The molecule has 1 aromatic heterocycles. The van der Waals surface area contributed by atoms with Gasteiger partial charge in [0, 0.05) is 6.54 Å². The zero-order valence-electron chi connectivity index (χ0n) is 8.07. The molecule has 0 amide bonds. The van der Waals surface area contributed by atoms with Gasteiger partial charge in [-0.2, -0.15) is 0 Å². The van der Waals surface area contributed by atoms with E-state index in [2.05, 4.69) is 20.0 Å². The summed E-state index contributed by atoms with van der Waals surface area (Å²) < 4.78 is 36.5. The Kier molecular flexibility index (Phi) is 3.92. The summed E-state index contributed by atoms with van der Waals surface area (Å²) >= 11 is 0. The molecule has 0 saturated carbocycles. The number of halogens is 1. The highest BCUT2D eigenvalue weighted by atomic mass is 32.2. The second-order valence-electron chi connectivity index (χ2n) is 2.67. The number of hydrogen-bond donors (Lipinski definition) is 2. The lowest BCUT2D eigenvalue weighted by atomic mass is 10.6. The maximum atomic E-state index is 12.4. The predicted molar refractivity (Wildman–Crippen MR) is 53.3 cm³/mol. The summed E-state index contributed by atoms with van der Waals surface area (Å²) in [4.78, 5) is 7.22. The predicted octanol–water partition coefficient (Wildman–Crippen LogP) is -0.423. The van der Waals surface area contributed by atoms with Gasteiger partial charge in [0.05, 0.1) is 18.1 Å². The molecule has 0 aliphatic rings. The van der Waals surface area contributed by atoms with Crippen molar-refractivity contribution >= 4 is 16.0 Å². The summed E-state index contributed by atoms with van der Waals surface area (Å²) in [6.07, 6.45) is 2.00. The van der Waals surface area contributed by atoms with E-state index in [1.54, 1.807) is 0 Å². The third kappa shape index (κ3) is 4.17. The second-order valence-corrected chi connectivity index (χ2v) is 4.72. The Morgan fingerprint density at radius 3 is 2.53 bits per heavy atom. The first-order valence-corrected chi connectivity index (χ1v) is 5.81. The van der Waals surface area contributed by atoms with Crippen molar-refractivity contribution in [1.29, 1.82) is 0 Å². The number of hydrogen-bond acceptors (Lipinski definition) is 5. The van der Waals surface area contributed by atoms with Crippen LogP contribution in [0.2, 0.25) is 0 Å². The fourth-order valence-corrected chi connectivity index (χ4v) is 1.38. The Labute approximate surface area is 87.0 Å². The van der Waals surface area contributed by atoms with Crippen molar-refractivity contribution in [2.24, 2.45) is 0 Å². The molecule has 0 bridgehead atoms. The van der Waals surface area contributed by atoms with Gasteiger partial charge in [0.15, 0.2) is 5.82 Å². The fourth-order valence-electron chi connectivity index (χ4n) is 0.803. The minimum absolute atomic E-state index is 0.0930. The van der Waals surface area contributed by atoms with E-state index in [4.69, 9.17) is 0 Å². The molecule has 0 saturated heterocycles. The first-order valence-electron chi connectivity index (χ1n) is 4.16. The van der Waals surface area contributed by atoms with E-state index < -0.39 is 15.8 Å². The van der Waals surface area contributed by atoms with Crippen LogP contribution in [-0.4, -0.2) is 37.7 Å². The molecule has 0 fully saturated rings. The minimum atomic E-state index is -3.24. The molecule has 0 unspecified atom stereocenters. The van der Waals surface area contributed by atoms with Gasteiger partial charge in [-0.3, -0.25) is 0 Å². The van der Waals surface area contributed by atoms with E-state index in [0.717, 1.165) is 12.4 Å². The van der Waals surface area contributed by atoms with Crippen LogP contribution in [0.1, 0.15) is 0 Å². The topological polar surface area (TPSA) is 84.0 Å². The lowest BCUT2D eigenvalue weighted by molar-refractivity contribution is 0.588. The van der Waals surface area contributed by atoms with Crippen LogP contribution in [0.15, 0.2) is 12.4 Å². The van der Waals surface area contributed by atoms with Gasteiger partial charge in [-0.25, -0.2) is 27.5 Å². The molecule has 8 heteroatoms. The summed E-state index contributed by atoms with van der Waals surface area (Å²) in [7, 11) is -1.90. The minimum Gasteiger partial charge on any atom is -0.353 e. The SMILES string of the molecule is CNS(=O)(=O)CCNc1ncc(F)cn1. The zero-order chi connectivity index (χ0) is 11.3. The standard InChI is InChI=1S/C7H11FN4O2S/c1-9-15(13,14)3-2-10-7-11-4-6(8)5-12-7/h4-5,9H,2-3H2,1H3,(H,10,11,12). The van der Waals surface area contributed by atoms with E-state index in [0.29, 0.717) is 0 Å². The molecule has 0 aromatic carbocycles. The van der Waals surface area contributed by atoms with Crippen molar-refractivity contribution in [3.63, 3.8) is 0 Å². The average molecular weight is 234 g/mol. The lowest BCUT2D eigenvalue weighted by Gasteiger charge is -2.04. The summed E-state index contributed by atoms with van der Waals surface area (Å²) in [6, 6.07) is 0. The fraction of sp³-hybridized carbons (Fsp3) is 0.429. The molecule has 6 nitrogen and oxygen atoms in total. The number of rotatable bonds is 5. The van der Waals surface area contributed by atoms with Crippen LogP contribution < -0.4 is 10.0 Å². The summed E-state index contributed by atoms with van der Waals surface area (Å²) in [5.74, 6) is -0.435. The van der Waals surface area contributed by atoms with Crippen LogP contribution in [0.3, 0.4) is 0 Å². The monoisotopic (exact) mass is 234 g/mol. The van der Waals surface area contributed by atoms with Crippen LogP contribution in [0, 0.1) is 5.82 Å². The Bertz CT molecular complexity index is 406. The first kappa shape index (κ1) is 11.8. The van der Waals surface area contributed by atoms with Gasteiger partial charge in [0.2, 0.25) is 16.0 Å². The molecular weight excluding hydrogens is 223 g/mol. The molecule has 1 heterocycles. The van der Waals surface area contributed by atoms with Crippen molar-refractivity contribution in [1.82, 2.24) is 14.7 Å². The number of anilines is 1. The van der Waals surface area contributed by atoms with Gasteiger partial charge < -0.3 is 5.32 Å². The smallest absolute Gasteiger partial charge is 0.222 e. The number of nitrogens with one attached hydrogen (secondary N) is 2. The summed E-state index contributed by atoms with van der Waals surface area (Å²) in [5.41, 5.74) is 0. The molecule has 0 aliphatic heterocycles. The van der Waals surface area contributed by atoms with Crippen molar-refractivity contribution in [2.75, 3.05) is 24.7 Å². The van der Waals surface area contributed by atoms with Gasteiger partial charge in [0.25, 0.3) is 0 Å². The normalized spacial score (nSPS) is 11.3. The molecule has 1 rings (SSSR count). The van der Waals surface area contributed by atoms with Crippen LogP contribution in [0.25, 0.3) is 0 Å². The lowest BCUT2D eigenvalue weighted by Crippen LogP contribution is -2.26. The second kappa shape index (κ2) is 4.99. The molecular formula is C7H11FN4O2S. The Balaban J connectivity index is 2.42. The third-order valence-corrected chi connectivity index (χ3v) is 2.95. The average Bonchev–Trinajstić information content (AvgIpc) is 2.21. The van der Waals surface area contributed by atoms with E-state index in [9.17, 15) is 12.8 Å². The van der Waals surface area contributed by atoms with Gasteiger partial charge in [0.1, 0.15) is 0 Å². The molecule has 84 valence electrons. The van der Waals surface area contributed by atoms with E-state index >= 15 is 0 Å². The molecule has 0 atom stereocenters. The van der Waals surface area contributed by atoms with Crippen molar-refractivity contribution < 1.29 is 12.8 Å². The maximum Gasteiger partial charge on any atom is 0.222 e. The van der Waals surface area contributed by atoms with Gasteiger partial charge in [-0.15, -0.1) is 0 Å². The summed E-state index contributed by atoms with van der Waals surface area (Å²) in [6.45, 7) is 0.162. The van der Waals surface area contributed by atoms with Gasteiger partial charge >= 0.3 is 0 Å². The van der Waals surface area contributed by atoms with Crippen molar-refractivity contribution in [3.05, 3.63) is 18.2 Å². The van der Waals surface area contributed by atoms with Crippen LogP contribution in [-0.2, 0) is 10.0 Å². The van der Waals surface area contributed by atoms with E-state index in [-0.39, 0.29) is 18.2 Å². The van der Waals surface area contributed by atoms with Crippen molar-refractivity contribution in [3.8, 4) is 0 Å². The van der Waals surface area contributed by atoms with E-state index in [1.165, 1.54) is 7.05 Å². The Morgan fingerprint density at radius 1 is 1.40 bits per heavy atom. The number of sulfonamides is 1. The Morgan fingerprint density at radius 2 is 2.00 bits per heavy atom. The first-order chi connectivity index (χ1) is 7.03. The van der Waals surface area contributed by atoms with Crippen LogP contribution in [0.4, 0.5) is 10.3 Å². The quantitative estimate of drug-likeness (QED) is 0.722. The summed E-state index contributed by atoms with van der Waals surface area (Å²) in [5, 5.41) is 2.65. The zero-order valence-corrected chi connectivity index (χ0v) is 8.88. The third-order valence-electron chi connectivity index (χ3n) is 1.59. The highest BCUT2D eigenvalue weighted by molar-refractivity contribution is 7.89. The largest absolute Gasteiger partial charge is 0.353 e. The van der Waals surface area contributed by atoms with E-state index in [1.807, 2.05) is 0 Å². The number of aromatic nitrogens is 2. The Hall–Kier alpha value is -1.28. The molecule has 0 spiro atoms. The highest BCUT2D eigenvalue weighted by Gasteiger charge is 2.06. The van der Waals surface area contributed by atoms with Crippen LogP contribution >= 0.6 is 0 Å². The number of nitrogens with zero attached hydrogens (tertiary/aromatic N) is 2. The maximum absolute atomic E-state index is 12.4. The molecule has 0 radical (unpaired) electrons. The highest BCUT2D eigenvalue weighted by Crippen LogP contribution is 1.97. The van der Waals surface area contributed by atoms with Gasteiger partial charge in [-0.05, 0) is 7.05 Å². The molecule has 2 N–H and O–H groups in total. The van der Waals surface area contributed by atoms with Crippen molar-refractivity contribution in [2.45, 2.75) is 0 Å². The van der Waals surface area contributed by atoms with Crippen LogP contribution in [0.5, 0.6) is 0 Å². The molecule has 15 heavy (non-hydrogen) atoms. The molecule has 0 aliphatic carbocycles. The molecule has 1 aromatic rings.